The van der Waals surface area contributed by atoms with Gasteiger partial charge in [0.2, 0.25) is 0 Å². The van der Waals surface area contributed by atoms with Crippen molar-refractivity contribution in [2.24, 2.45) is 4.99 Å². The zero-order chi connectivity index (χ0) is 15.6. The van der Waals surface area contributed by atoms with Crippen LogP contribution in [0.1, 0.15) is 37.7 Å². The number of aliphatic hydroxyl groups is 1. The molecule has 5 heteroatoms. The zero-order valence-electron chi connectivity index (χ0n) is 13.0. The molecule has 4 nitrogen and oxygen atoms in total. The Morgan fingerprint density at radius 2 is 1.95 bits per heavy atom. The summed E-state index contributed by atoms with van der Waals surface area (Å²) in [6, 6.07) is 8.57. The van der Waals surface area contributed by atoms with Crippen molar-refractivity contribution in [2.75, 3.05) is 20.1 Å². The molecule has 0 unspecified atom stereocenters. The largest absolute Gasteiger partial charge is 0.388 e. The van der Waals surface area contributed by atoms with Gasteiger partial charge in [0, 0.05) is 30.0 Å². The maximum Gasteiger partial charge on any atom is 0.191 e. The van der Waals surface area contributed by atoms with Gasteiger partial charge in [-0.3, -0.25) is 4.99 Å². The second kappa shape index (κ2) is 6.20. The fourth-order valence-corrected chi connectivity index (χ4v) is 3.42. The van der Waals surface area contributed by atoms with Gasteiger partial charge in [0.1, 0.15) is 0 Å². The maximum atomic E-state index is 10.2. The van der Waals surface area contributed by atoms with Gasteiger partial charge in [-0.25, -0.2) is 0 Å². The van der Waals surface area contributed by atoms with E-state index < -0.39 is 5.60 Å². The standard InChI is InChI=1S/C17H24BrN3O/c1-19-15(21-12-17(22)6-3-7-17)20-11-16(8-9-16)13-4-2-5-14(18)10-13/h2,4-5,10,22H,3,6-9,11-12H2,1H3,(H2,19,20,21). The molecule has 0 aromatic heterocycles. The van der Waals surface area contributed by atoms with E-state index in [2.05, 4.69) is 55.8 Å². The second-order valence-corrected chi connectivity index (χ2v) is 7.56. The van der Waals surface area contributed by atoms with Gasteiger partial charge in [0.05, 0.1) is 5.60 Å². The smallest absolute Gasteiger partial charge is 0.191 e. The molecule has 0 aliphatic heterocycles. The van der Waals surface area contributed by atoms with E-state index >= 15 is 0 Å². The van der Waals surface area contributed by atoms with Crippen LogP contribution in [0.15, 0.2) is 33.7 Å². The van der Waals surface area contributed by atoms with E-state index in [1.54, 1.807) is 7.05 Å². The first-order valence-corrected chi connectivity index (χ1v) is 8.78. The van der Waals surface area contributed by atoms with Crippen molar-refractivity contribution in [2.45, 2.75) is 43.1 Å². The highest BCUT2D eigenvalue weighted by Crippen LogP contribution is 2.48. The van der Waals surface area contributed by atoms with Crippen LogP contribution in [0.5, 0.6) is 0 Å². The number of nitrogens with zero attached hydrogens (tertiary/aromatic N) is 1. The fraction of sp³-hybridized carbons (Fsp3) is 0.588. The molecule has 0 radical (unpaired) electrons. The first-order chi connectivity index (χ1) is 10.6. The third-order valence-electron chi connectivity index (χ3n) is 4.98. The van der Waals surface area contributed by atoms with Crippen LogP contribution in [0.3, 0.4) is 0 Å². The van der Waals surface area contributed by atoms with Crippen molar-refractivity contribution in [3.05, 3.63) is 34.3 Å². The van der Waals surface area contributed by atoms with E-state index in [4.69, 9.17) is 0 Å². The first-order valence-electron chi connectivity index (χ1n) is 7.98. The Bertz CT molecular complexity index is 565. The van der Waals surface area contributed by atoms with E-state index in [9.17, 15) is 5.11 Å². The van der Waals surface area contributed by atoms with Crippen molar-refractivity contribution in [3.8, 4) is 0 Å². The predicted octanol–water partition coefficient (Wildman–Crippen LogP) is 2.56. The highest BCUT2D eigenvalue weighted by Gasteiger charge is 2.44. The summed E-state index contributed by atoms with van der Waals surface area (Å²) >= 11 is 3.55. The number of rotatable bonds is 5. The second-order valence-electron chi connectivity index (χ2n) is 6.65. The molecule has 3 rings (SSSR count). The molecule has 1 aromatic rings. The summed E-state index contributed by atoms with van der Waals surface area (Å²) < 4.78 is 1.13. The quantitative estimate of drug-likeness (QED) is 0.555. The van der Waals surface area contributed by atoms with Crippen molar-refractivity contribution in [3.63, 3.8) is 0 Å². The van der Waals surface area contributed by atoms with Crippen LogP contribution < -0.4 is 10.6 Å². The Morgan fingerprint density at radius 3 is 2.50 bits per heavy atom. The average molecular weight is 366 g/mol. The lowest BCUT2D eigenvalue weighted by molar-refractivity contribution is -0.0279. The molecule has 2 fully saturated rings. The van der Waals surface area contributed by atoms with Gasteiger partial charge < -0.3 is 15.7 Å². The Kier molecular flexibility index (Phi) is 4.46. The van der Waals surface area contributed by atoms with Crippen molar-refractivity contribution < 1.29 is 5.11 Å². The molecule has 2 saturated carbocycles. The molecule has 0 bridgehead atoms. The normalized spacial score (nSPS) is 21.9. The van der Waals surface area contributed by atoms with E-state index in [0.29, 0.717) is 6.54 Å². The lowest BCUT2D eigenvalue weighted by Gasteiger charge is -2.37. The molecule has 2 aliphatic rings. The van der Waals surface area contributed by atoms with Crippen molar-refractivity contribution in [1.82, 2.24) is 10.6 Å². The molecular weight excluding hydrogens is 342 g/mol. The minimum atomic E-state index is -0.529. The average Bonchev–Trinajstić information content (AvgIpc) is 3.27. The van der Waals surface area contributed by atoms with Crippen LogP contribution >= 0.6 is 15.9 Å². The van der Waals surface area contributed by atoms with Gasteiger partial charge in [-0.2, -0.15) is 0 Å². The molecule has 0 saturated heterocycles. The summed E-state index contributed by atoms with van der Waals surface area (Å²) in [6.45, 7) is 1.46. The monoisotopic (exact) mass is 365 g/mol. The Hall–Kier alpha value is -1.07. The summed E-state index contributed by atoms with van der Waals surface area (Å²) in [5.74, 6) is 0.779. The van der Waals surface area contributed by atoms with Gasteiger partial charge in [0.15, 0.2) is 5.96 Å². The summed E-state index contributed by atoms with van der Waals surface area (Å²) in [7, 11) is 1.78. The number of guanidine groups is 1. The Labute approximate surface area is 140 Å². The summed E-state index contributed by atoms with van der Waals surface area (Å²) in [4.78, 5) is 4.27. The molecule has 0 atom stereocenters. The molecule has 3 N–H and O–H groups in total. The topological polar surface area (TPSA) is 56.7 Å². The number of benzene rings is 1. The van der Waals surface area contributed by atoms with Crippen LogP contribution in [0, 0.1) is 0 Å². The van der Waals surface area contributed by atoms with Gasteiger partial charge >= 0.3 is 0 Å². The first kappa shape index (κ1) is 15.8. The van der Waals surface area contributed by atoms with Gasteiger partial charge in [-0.05, 0) is 49.8 Å². The summed E-state index contributed by atoms with van der Waals surface area (Å²) in [6.07, 6.45) is 5.31. The highest BCUT2D eigenvalue weighted by atomic mass is 79.9. The minimum absolute atomic E-state index is 0.231. The molecule has 0 amide bonds. The predicted molar refractivity (Wildman–Crippen MR) is 93.2 cm³/mol. The lowest BCUT2D eigenvalue weighted by Crippen LogP contribution is -2.51. The SMILES string of the molecule is CN=C(NCC1(O)CCC1)NCC1(c2cccc(Br)c2)CC1. The van der Waals surface area contributed by atoms with Crippen LogP contribution in [0.25, 0.3) is 0 Å². The van der Waals surface area contributed by atoms with Gasteiger partial charge in [-0.15, -0.1) is 0 Å². The van der Waals surface area contributed by atoms with Crippen LogP contribution in [-0.4, -0.2) is 36.8 Å². The molecule has 0 heterocycles. The fourth-order valence-electron chi connectivity index (χ4n) is 3.02. The lowest BCUT2D eigenvalue weighted by atomic mass is 9.80. The zero-order valence-corrected chi connectivity index (χ0v) is 14.6. The van der Waals surface area contributed by atoms with E-state index in [1.165, 1.54) is 18.4 Å². The number of aliphatic imine (C=N–C) groups is 1. The van der Waals surface area contributed by atoms with Gasteiger partial charge in [-0.1, -0.05) is 28.1 Å². The summed E-state index contributed by atoms with van der Waals surface area (Å²) in [5, 5.41) is 16.8. The molecular formula is C17H24BrN3O. The van der Waals surface area contributed by atoms with Crippen LogP contribution in [0.2, 0.25) is 0 Å². The van der Waals surface area contributed by atoms with Crippen molar-refractivity contribution in [1.29, 1.82) is 0 Å². The highest BCUT2D eigenvalue weighted by molar-refractivity contribution is 9.10. The number of halogens is 1. The Balaban J connectivity index is 1.54. The molecule has 2 aliphatic carbocycles. The number of hydrogen-bond donors (Lipinski definition) is 3. The van der Waals surface area contributed by atoms with E-state index in [-0.39, 0.29) is 5.41 Å². The summed E-state index contributed by atoms with van der Waals surface area (Å²) in [5.41, 5.74) is 1.08. The Morgan fingerprint density at radius 1 is 1.23 bits per heavy atom. The van der Waals surface area contributed by atoms with E-state index in [1.807, 2.05) is 0 Å². The number of hydrogen-bond acceptors (Lipinski definition) is 2. The molecule has 22 heavy (non-hydrogen) atoms. The van der Waals surface area contributed by atoms with E-state index in [0.717, 1.165) is 36.2 Å². The van der Waals surface area contributed by atoms with Crippen molar-refractivity contribution >= 4 is 21.9 Å². The van der Waals surface area contributed by atoms with Gasteiger partial charge in [0.25, 0.3) is 0 Å². The number of nitrogens with one attached hydrogen (secondary N) is 2. The minimum Gasteiger partial charge on any atom is -0.388 e. The van der Waals surface area contributed by atoms with Crippen LogP contribution in [0.4, 0.5) is 0 Å². The third-order valence-corrected chi connectivity index (χ3v) is 5.47. The molecule has 0 spiro atoms. The molecule has 1 aromatic carbocycles. The molecule has 120 valence electrons. The third kappa shape index (κ3) is 3.46. The van der Waals surface area contributed by atoms with Crippen LogP contribution in [-0.2, 0) is 5.41 Å². The maximum absolute atomic E-state index is 10.2.